The normalized spacial score (nSPS) is 29.0. The molecule has 0 spiro atoms. The van der Waals surface area contributed by atoms with Gasteiger partial charge in [0.1, 0.15) is 17.1 Å². The first kappa shape index (κ1) is 15.1. The number of amides is 1. The van der Waals surface area contributed by atoms with E-state index >= 15 is 0 Å². The third-order valence-corrected chi connectivity index (χ3v) is 4.62. The van der Waals surface area contributed by atoms with Crippen molar-refractivity contribution in [3.63, 3.8) is 0 Å². The Morgan fingerprint density at radius 3 is 2.38 bits per heavy atom. The Morgan fingerprint density at radius 1 is 1.12 bits per heavy atom. The fraction of sp³-hybridized carbons (Fsp3) is 0.400. The van der Waals surface area contributed by atoms with Crippen LogP contribution in [0.5, 0.6) is 0 Å². The second-order valence-electron chi connectivity index (χ2n) is 6.15. The number of hydrogen-bond donors (Lipinski definition) is 1. The number of hydrogen-bond acceptors (Lipinski definition) is 4. The maximum atomic E-state index is 14.7. The highest BCUT2D eigenvalue weighted by atomic mass is 19.2. The van der Waals surface area contributed by atoms with Crippen LogP contribution < -0.4 is 5.32 Å². The smallest absolute Gasteiger partial charge is 0.259 e. The van der Waals surface area contributed by atoms with Gasteiger partial charge in [0, 0.05) is 13.1 Å². The molecule has 9 heteroatoms. The highest BCUT2D eigenvalue weighted by Gasteiger charge is 2.64. The molecule has 1 N–H and O–H groups in total. The van der Waals surface area contributed by atoms with Crippen molar-refractivity contribution in [3.05, 3.63) is 42.0 Å². The Kier molecular flexibility index (Phi) is 3.17. The van der Waals surface area contributed by atoms with Crippen LogP contribution in [-0.4, -0.2) is 63.3 Å². The number of benzene rings is 1. The van der Waals surface area contributed by atoms with Gasteiger partial charge in [-0.15, -0.1) is 0 Å². The summed E-state index contributed by atoms with van der Waals surface area (Å²) < 4.78 is 43.8. The highest BCUT2D eigenvalue weighted by molar-refractivity contribution is 5.98. The zero-order valence-electron chi connectivity index (χ0n) is 12.5. The second-order valence-corrected chi connectivity index (χ2v) is 6.15. The number of aromatic nitrogens is 3. The molecule has 1 aromatic heterocycles. The first-order chi connectivity index (χ1) is 11.4. The molecular formula is C15H14F3N5O. The van der Waals surface area contributed by atoms with Crippen molar-refractivity contribution in [1.82, 2.24) is 25.2 Å². The molecule has 2 aliphatic heterocycles. The quantitative estimate of drug-likeness (QED) is 0.884. The van der Waals surface area contributed by atoms with Gasteiger partial charge in [-0.05, 0) is 12.1 Å². The number of halogens is 3. The SMILES string of the molecule is O=C(c1c(F)cccc1-n1nccn1)N1C[C@]2(F)CNC[C@]2(F)C1. The van der Waals surface area contributed by atoms with Crippen molar-refractivity contribution in [2.24, 2.45) is 0 Å². The molecule has 2 saturated heterocycles. The minimum absolute atomic E-state index is 0.126. The molecule has 3 heterocycles. The summed E-state index contributed by atoms with van der Waals surface area (Å²) in [7, 11) is 0. The fourth-order valence-corrected chi connectivity index (χ4v) is 3.36. The number of carbonyl (C=O) groups is 1. The van der Waals surface area contributed by atoms with Gasteiger partial charge in [0.15, 0.2) is 11.3 Å². The number of fused-ring (bicyclic) bond motifs is 1. The first-order valence-corrected chi connectivity index (χ1v) is 7.47. The molecule has 2 aromatic rings. The van der Waals surface area contributed by atoms with E-state index in [1.54, 1.807) is 0 Å². The number of alkyl halides is 2. The zero-order valence-corrected chi connectivity index (χ0v) is 12.5. The molecule has 24 heavy (non-hydrogen) atoms. The lowest BCUT2D eigenvalue weighted by molar-refractivity contribution is 0.0491. The number of nitrogens with zero attached hydrogens (tertiary/aromatic N) is 4. The van der Waals surface area contributed by atoms with E-state index in [-0.39, 0.29) is 24.3 Å². The molecule has 0 saturated carbocycles. The summed E-state index contributed by atoms with van der Waals surface area (Å²) in [5, 5.41) is 10.4. The average molecular weight is 337 g/mol. The third-order valence-electron chi connectivity index (χ3n) is 4.62. The van der Waals surface area contributed by atoms with Crippen LogP contribution in [0, 0.1) is 5.82 Å². The monoisotopic (exact) mass is 337 g/mol. The van der Waals surface area contributed by atoms with E-state index in [1.807, 2.05) is 0 Å². The number of nitrogens with one attached hydrogen (secondary N) is 1. The molecule has 4 rings (SSSR count). The van der Waals surface area contributed by atoms with Crippen molar-refractivity contribution in [2.45, 2.75) is 11.3 Å². The van der Waals surface area contributed by atoms with E-state index in [0.29, 0.717) is 0 Å². The largest absolute Gasteiger partial charge is 0.332 e. The topological polar surface area (TPSA) is 63.1 Å². The van der Waals surface area contributed by atoms with E-state index in [0.717, 1.165) is 15.8 Å². The van der Waals surface area contributed by atoms with Gasteiger partial charge in [0.25, 0.3) is 5.91 Å². The number of rotatable bonds is 2. The standard InChI is InChI=1S/C15H14F3N5O/c16-10-2-1-3-11(23-20-4-5-21-23)12(10)13(24)22-8-14(17)6-19-7-15(14,18)9-22/h1-5,19H,6-9H2/t14-,15+. The van der Waals surface area contributed by atoms with Crippen molar-refractivity contribution in [1.29, 1.82) is 0 Å². The fourth-order valence-electron chi connectivity index (χ4n) is 3.36. The van der Waals surface area contributed by atoms with E-state index in [2.05, 4.69) is 15.5 Å². The summed E-state index contributed by atoms with van der Waals surface area (Å²) in [4.78, 5) is 14.9. The number of carbonyl (C=O) groups excluding carboxylic acids is 1. The Labute approximate surface area is 135 Å². The van der Waals surface area contributed by atoms with Crippen molar-refractivity contribution in [3.8, 4) is 5.69 Å². The summed E-state index contributed by atoms with van der Waals surface area (Å²) in [6.07, 6.45) is 2.77. The van der Waals surface area contributed by atoms with Crippen LogP contribution in [0.2, 0.25) is 0 Å². The summed E-state index contributed by atoms with van der Waals surface area (Å²) in [6, 6.07) is 4.01. The first-order valence-electron chi connectivity index (χ1n) is 7.47. The molecule has 0 aliphatic carbocycles. The molecule has 6 nitrogen and oxygen atoms in total. The maximum absolute atomic E-state index is 14.7. The molecule has 0 unspecified atom stereocenters. The highest BCUT2D eigenvalue weighted by Crippen LogP contribution is 2.41. The van der Waals surface area contributed by atoms with Crippen molar-refractivity contribution < 1.29 is 18.0 Å². The van der Waals surface area contributed by atoms with Gasteiger partial charge < -0.3 is 10.2 Å². The summed E-state index contributed by atoms with van der Waals surface area (Å²) >= 11 is 0. The van der Waals surface area contributed by atoms with Crippen LogP contribution in [0.1, 0.15) is 10.4 Å². The van der Waals surface area contributed by atoms with Gasteiger partial charge in [-0.2, -0.15) is 15.0 Å². The van der Waals surface area contributed by atoms with Gasteiger partial charge in [-0.25, -0.2) is 13.2 Å². The molecule has 1 aromatic carbocycles. The molecule has 2 aliphatic rings. The zero-order chi connectivity index (χ0) is 16.9. The lowest BCUT2D eigenvalue weighted by Gasteiger charge is -2.21. The summed E-state index contributed by atoms with van der Waals surface area (Å²) in [5.74, 6) is -1.56. The van der Waals surface area contributed by atoms with Gasteiger partial charge in [0.2, 0.25) is 0 Å². The lowest BCUT2D eigenvalue weighted by atomic mass is 9.94. The van der Waals surface area contributed by atoms with Gasteiger partial charge in [-0.3, -0.25) is 4.79 Å². The number of likely N-dealkylation sites (tertiary alicyclic amines) is 1. The van der Waals surface area contributed by atoms with Gasteiger partial charge in [0.05, 0.1) is 25.5 Å². The molecule has 0 radical (unpaired) electrons. The van der Waals surface area contributed by atoms with Crippen LogP contribution in [0.3, 0.4) is 0 Å². The van der Waals surface area contributed by atoms with Crippen LogP contribution in [0.15, 0.2) is 30.6 Å². The van der Waals surface area contributed by atoms with Gasteiger partial charge in [-0.1, -0.05) is 6.07 Å². The summed E-state index contributed by atoms with van der Waals surface area (Å²) in [6.45, 7) is -1.18. The molecule has 126 valence electrons. The Morgan fingerprint density at radius 2 is 1.75 bits per heavy atom. The van der Waals surface area contributed by atoms with Crippen LogP contribution >= 0.6 is 0 Å². The van der Waals surface area contributed by atoms with E-state index in [1.165, 1.54) is 24.5 Å². The average Bonchev–Trinajstić information content (AvgIpc) is 3.20. The molecule has 2 fully saturated rings. The lowest BCUT2D eigenvalue weighted by Crippen LogP contribution is -2.44. The van der Waals surface area contributed by atoms with Crippen LogP contribution in [0.4, 0.5) is 13.2 Å². The molecule has 2 atom stereocenters. The van der Waals surface area contributed by atoms with E-state index < -0.39 is 36.2 Å². The molecular weight excluding hydrogens is 323 g/mol. The Hall–Kier alpha value is -2.42. The Bertz CT molecular complexity index is 780. The minimum Gasteiger partial charge on any atom is -0.332 e. The van der Waals surface area contributed by atoms with Gasteiger partial charge >= 0.3 is 0 Å². The third kappa shape index (κ3) is 2.04. The van der Waals surface area contributed by atoms with E-state index in [9.17, 15) is 18.0 Å². The second kappa shape index (κ2) is 5.04. The molecule has 1 amide bonds. The predicted octanol–water partition coefficient (Wildman–Crippen LogP) is 0.882. The minimum atomic E-state index is -2.15. The van der Waals surface area contributed by atoms with Crippen LogP contribution in [-0.2, 0) is 0 Å². The van der Waals surface area contributed by atoms with E-state index in [4.69, 9.17) is 0 Å². The van der Waals surface area contributed by atoms with Crippen LogP contribution in [0.25, 0.3) is 5.69 Å². The predicted molar refractivity (Wildman–Crippen MR) is 77.8 cm³/mol. The molecule has 0 bridgehead atoms. The maximum Gasteiger partial charge on any atom is 0.259 e. The van der Waals surface area contributed by atoms with Crippen molar-refractivity contribution >= 4 is 5.91 Å². The van der Waals surface area contributed by atoms with Crippen molar-refractivity contribution in [2.75, 3.05) is 26.2 Å². The summed E-state index contributed by atoms with van der Waals surface area (Å²) in [5.41, 5.74) is -4.48. The Balaban J connectivity index is 1.72.